The second-order valence-electron chi connectivity index (χ2n) is 3.59. The molecule has 0 aliphatic heterocycles. The first-order valence-corrected chi connectivity index (χ1v) is 5.50. The molecular weight excluding hydrogens is 286 g/mol. The first-order chi connectivity index (χ1) is 8.82. The van der Waals surface area contributed by atoms with Crippen molar-refractivity contribution in [2.24, 2.45) is 0 Å². The van der Waals surface area contributed by atoms with Crippen LogP contribution in [0.15, 0.2) is 30.9 Å². The number of carbonyl (C=O) groups is 1. The van der Waals surface area contributed by atoms with E-state index in [1.54, 1.807) is 0 Å². The van der Waals surface area contributed by atoms with Crippen LogP contribution in [0.5, 0.6) is 0 Å². The van der Waals surface area contributed by atoms with Crippen LogP contribution in [0, 0.1) is 0 Å². The van der Waals surface area contributed by atoms with Gasteiger partial charge in [-0.05, 0) is 12.1 Å². The quantitative estimate of drug-likeness (QED) is 0.354. The van der Waals surface area contributed by atoms with Gasteiger partial charge in [-0.1, -0.05) is 12.1 Å². The fourth-order valence-electron chi connectivity index (χ4n) is 1.55. The first-order valence-electron chi connectivity index (χ1n) is 5.16. The Bertz CT molecular complexity index is 487. The molecule has 104 valence electrons. The molecule has 0 aliphatic carbocycles. The molecule has 1 aromatic rings. The molecule has 0 heterocycles. The molecule has 0 radical (unpaired) electrons. The Balaban J connectivity index is 3.47. The van der Waals surface area contributed by atoms with Gasteiger partial charge in [-0.15, -0.1) is 6.58 Å². The average Bonchev–Trinajstić information content (AvgIpc) is 2.36. The molecule has 0 atom stereocenters. The van der Waals surface area contributed by atoms with Gasteiger partial charge < -0.3 is 0 Å². The molecule has 0 unspecified atom stereocenters. The second-order valence-corrected chi connectivity index (χ2v) is 4.00. The Hall–Kier alpha value is -1.56. The van der Waals surface area contributed by atoms with Crippen molar-refractivity contribution in [3.8, 4) is 0 Å². The summed E-state index contributed by atoms with van der Waals surface area (Å²) < 4.78 is 51.8. The minimum Gasteiger partial charge on any atom is -0.291 e. The van der Waals surface area contributed by atoms with E-state index in [4.69, 9.17) is 11.8 Å². The van der Waals surface area contributed by atoms with Crippen LogP contribution in [0.25, 0.3) is 0 Å². The number of hydrogen-bond acceptors (Lipinski definition) is 2. The number of carbonyl (C=O) groups excluding carboxylic acids is 1. The van der Waals surface area contributed by atoms with Crippen molar-refractivity contribution in [1.82, 2.24) is 0 Å². The smallest absolute Gasteiger partial charge is 0.291 e. The van der Waals surface area contributed by atoms with Crippen molar-refractivity contribution in [2.45, 2.75) is 6.18 Å². The highest BCUT2D eigenvalue weighted by Crippen LogP contribution is 2.37. The van der Waals surface area contributed by atoms with Gasteiger partial charge in [-0.2, -0.15) is 13.2 Å². The molecule has 0 amide bonds. The highest BCUT2D eigenvalue weighted by Gasteiger charge is 2.37. The van der Waals surface area contributed by atoms with E-state index in [1.165, 1.54) is 12.1 Å². The van der Waals surface area contributed by atoms with E-state index >= 15 is 0 Å². The van der Waals surface area contributed by atoms with Crippen molar-refractivity contribution in [3.63, 3.8) is 0 Å². The number of halogens is 5. The molecule has 0 N–H and O–H groups in total. The number of Topliss-reactive ketones (excluding diaryl/α,β-unsaturated/α-hetero) is 1. The van der Waals surface area contributed by atoms with Crippen LogP contribution < -0.4 is 4.42 Å². The number of anilines is 1. The number of alkyl halides is 4. The van der Waals surface area contributed by atoms with Crippen LogP contribution in [-0.4, -0.2) is 19.0 Å². The molecule has 0 saturated heterocycles. The van der Waals surface area contributed by atoms with Crippen molar-refractivity contribution >= 4 is 23.2 Å². The molecule has 2 nitrogen and oxygen atoms in total. The second kappa shape index (κ2) is 6.06. The zero-order valence-corrected chi connectivity index (χ0v) is 10.4. The predicted octanol–water partition coefficient (Wildman–Crippen LogP) is 4.00. The molecule has 0 aliphatic rings. The summed E-state index contributed by atoms with van der Waals surface area (Å²) >= 11 is 5.75. The van der Waals surface area contributed by atoms with E-state index < -0.39 is 29.8 Å². The zero-order chi connectivity index (χ0) is 14.6. The molecule has 19 heavy (non-hydrogen) atoms. The van der Waals surface area contributed by atoms with Crippen LogP contribution in [0.4, 0.5) is 23.2 Å². The summed E-state index contributed by atoms with van der Waals surface area (Å²) in [5, 5.41) is 0. The normalized spacial score (nSPS) is 11.2. The van der Waals surface area contributed by atoms with Crippen LogP contribution >= 0.6 is 11.8 Å². The SMILES string of the molecule is C=CCN(Cl)c1cccc(C(F)(F)F)c1C(=O)CF. The lowest BCUT2D eigenvalue weighted by Crippen LogP contribution is -2.20. The number of ketones is 1. The van der Waals surface area contributed by atoms with Crippen LogP contribution in [0.1, 0.15) is 15.9 Å². The summed E-state index contributed by atoms with van der Waals surface area (Å²) in [6.07, 6.45) is -3.42. The summed E-state index contributed by atoms with van der Waals surface area (Å²) in [5.74, 6) is -1.27. The summed E-state index contributed by atoms with van der Waals surface area (Å²) in [5.41, 5.74) is -2.17. The third-order valence-corrected chi connectivity index (χ3v) is 2.62. The van der Waals surface area contributed by atoms with Crippen molar-refractivity contribution in [2.75, 3.05) is 17.6 Å². The van der Waals surface area contributed by atoms with Crippen molar-refractivity contribution in [3.05, 3.63) is 42.0 Å². The largest absolute Gasteiger partial charge is 0.417 e. The highest BCUT2D eigenvalue weighted by molar-refractivity contribution is 6.27. The Kier molecular flexibility index (Phi) is 4.94. The van der Waals surface area contributed by atoms with E-state index in [0.29, 0.717) is 6.07 Å². The van der Waals surface area contributed by atoms with E-state index in [9.17, 15) is 22.4 Å². The van der Waals surface area contributed by atoms with Gasteiger partial charge in [0.2, 0.25) is 0 Å². The van der Waals surface area contributed by atoms with Gasteiger partial charge in [0.1, 0.15) is 0 Å². The molecule has 7 heteroatoms. The third kappa shape index (κ3) is 3.47. The lowest BCUT2D eigenvalue weighted by atomic mass is 10.0. The summed E-state index contributed by atoms with van der Waals surface area (Å²) in [6.45, 7) is 1.87. The van der Waals surface area contributed by atoms with Gasteiger partial charge in [0.05, 0.1) is 23.4 Å². The van der Waals surface area contributed by atoms with Crippen molar-refractivity contribution < 1.29 is 22.4 Å². The maximum absolute atomic E-state index is 12.8. The maximum Gasteiger partial charge on any atom is 0.417 e. The van der Waals surface area contributed by atoms with Crippen molar-refractivity contribution in [1.29, 1.82) is 0 Å². The average molecular weight is 296 g/mol. The Morgan fingerprint density at radius 3 is 2.53 bits per heavy atom. The molecule has 0 fully saturated rings. The van der Waals surface area contributed by atoms with Gasteiger partial charge in [-0.3, -0.25) is 9.21 Å². The van der Waals surface area contributed by atoms with Gasteiger partial charge in [0.15, 0.2) is 12.5 Å². The fraction of sp³-hybridized carbons (Fsp3) is 0.250. The Morgan fingerprint density at radius 1 is 1.42 bits per heavy atom. The third-order valence-electron chi connectivity index (χ3n) is 2.30. The minimum atomic E-state index is -4.76. The lowest BCUT2D eigenvalue weighted by Gasteiger charge is -2.20. The van der Waals surface area contributed by atoms with E-state index in [-0.39, 0.29) is 12.2 Å². The zero-order valence-electron chi connectivity index (χ0n) is 9.68. The number of benzene rings is 1. The number of hydrogen-bond donors (Lipinski definition) is 0. The van der Waals surface area contributed by atoms with E-state index in [0.717, 1.165) is 10.5 Å². The predicted molar refractivity (Wildman–Crippen MR) is 65.1 cm³/mol. The lowest BCUT2D eigenvalue weighted by molar-refractivity contribution is -0.137. The van der Waals surface area contributed by atoms with Gasteiger partial charge in [0, 0.05) is 11.8 Å². The summed E-state index contributed by atoms with van der Waals surface area (Å²) in [7, 11) is 0. The summed E-state index contributed by atoms with van der Waals surface area (Å²) in [4.78, 5) is 11.4. The molecule has 0 aromatic heterocycles. The minimum absolute atomic E-state index is 0.00936. The van der Waals surface area contributed by atoms with Gasteiger partial charge in [0.25, 0.3) is 0 Å². The molecule has 0 bridgehead atoms. The van der Waals surface area contributed by atoms with Crippen LogP contribution in [0.2, 0.25) is 0 Å². The Morgan fingerprint density at radius 2 is 2.05 bits per heavy atom. The molecule has 0 saturated carbocycles. The van der Waals surface area contributed by atoms with Crippen LogP contribution in [-0.2, 0) is 6.18 Å². The first kappa shape index (κ1) is 15.5. The number of rotatable bonds is 5. The molecule has 1 aromatic carbocycles. The topological polar surface area (TPSA) is 20.3 Å². The molecule has 0 spiro atoms. The molecular formula is C12H10ClF4NO. The monoisotopic (exact) mass is 295 g/mol. The van der Waals surface area contributed by atoms with E-state index in [1.807, 2.05) is 0 Å². The Labute approximate surface area is 112 Å². The number of nitrogens with zero attached hydrogens (tertiary/aromatic N) is 1. The van der Waals surface area contributed by atoms with E-state index in [2.05, 4.69) is 6.58 Å². The van der Waals surface area contributed by atoms with Gasteiger partial charge in [-0.25, -0.2) is 4.39 Å². The van der Waals surface area contributed by atoms with Crippen LogP contribution in [0.3, 0.4) is 0 Å². The standard InChI is InChI=1S/C12H10ClF4NO/c1-2-6-18(13)9-5-3-4-8(12(15,16)17)11(9)10(19)7-14/h2-5H,1,6-7H2. The highest BCUT2D eigenvalue weighted by atomic mass is 35.5. The maximum atomic E-state index is 12.8. The van der Waals surface area contributed by atoms with Gasteiger partial charge >= 0.3 is 6.18 Å². The fourth-order valence-corrected chi connectivity index (χ4v) is 1.79. The molecule has 1 rings (SSSR count). The summed E-state index contributed by atoms with van der Waals surface area (Å²) in [6, 6.07) is 3.03.